The molecule has 6 nitrogen and oxygen atoms in total. The van der Waals surface area contributed by atoms with E-state index < -0.39 is 0 Å². The maximum Gasteiger partial charge on any atom is 0.260 e. The molecule has 1 fully saturated rings. The van der Waals surface area contributed by atoms with Crippen LogP contribution in [0.1, 0.15) is 5.56 Å². The van der Waals surface area contributed by atoms with E-state index in [1.807, 2.05) is 47.4 Å². The van der Waals surface area contributed by atoms with E-state index in [1.54, 1.807) is 13.3 Å². The van der Waals surface area contributed by atoms with Crippen LogP contribution in [0.2, 0.25) is 0 Å². The second kappa shape index (κ2) is 9.07. The van der Waals surface area contributed by atoms with Gasteiger partial charge in [0.2, 0.25) is 0 Å². The van der Waals surface area contributed by atoms with Crippen molar-refractivity contribution in [3.05, 3.63) is 60.8 Å². The Bertz CT molecular complexity index is 771. The van der Waals surface area contributed by atoms with Crippen LogP contribution in [0.5, 0.6) is 11.5 Å². The van der Waals surface area contributed by atoms with Crippen molar-refractivity contribution in [1.82, 2.24) is 9.88 Å². The minimum absolute atomic E-state index is 0.000746. The zero-order valence-electron chi connectivity index (χ0n) is 15.6. The fourth-order valence-electron chi connectivity index (χ4n) is 3.08. The number of piperazine rings is 1. The summed E-state index contributed by atoms with van der Waals surface area (Å²) in [6.07, 6.45) is 4.38. The second-order valence-corrected chi connectivity index (χ2v) is 6.32. The third kappa shape index (κ3) is 4.78. The topological polar surface area (TPSA) is 54.9 Å². The van der Waals surface area contributed by atoms with E-state index in [2.05, 4.69) is 16.5 Å². The van der Waals surface area contributed by atoms with Gasteiger partial charge in [0.1, 0.15) is 5.82 Å². The monoisotopic (exact) mass is 367 g/mol. The van der Waals surface area contributed by atoms with Crippen molar-refractivity contribution in [2.75, 3.05) is 44.8 Å². The van der Waals surface area contributed by atoms with Gasteiger partial charge in [-0.2, -0.15) is 0 Å². The van der Waals surface area contributed by atoms with Crippen molar-refractivity contribution in [2.45, 2.75) is 6.42 Å². The lowest BCUT2D eigenvalue weighted by atomic mass is 10.1. The smallest absolute Gasteiger partial charge is 0.260 e. The molecule has 0 bridgehead atoms. The van der Waals surface area contributed by atoms with Crippen LogP contribution < -0.4 is 14.4 Å². The van der Waals surface area contributed by atoms with E-state index >= 15 is 0 Å². The zero-order valence-corrected chi connectivity index (χ0v) is 15.6. The first-order valence-corrected chi connectivity index (χ1v) is 9.05. The van der Waals surface area contributed by atoms with Crippen LogP contribution in [-0.2, 0) is 11.2 Å². The van der Waals surface area contributed by atoms with Gasteiger partial charge in [-0.15, -0.1) is 6.58 Å². The fourth-order valence-corrected chi connectivity index (χ4v) is 3.08. The van der Waals surface area contributed by atoms with Crippen LogP contribution in [0.25, 0.3) is 0 Å². The van der Waals surface area contributed by atoms with Gasteiger partial charge >= 0.3 is 0 Å². The summed E-state index contributed by atoms with van der Waals surface area (Å²) in [7, 11) is 1.60. The fraction of sp³-hybridized carbons (Fsp3) is 0.333. The Hall–Kier alpha value is -3.02. The normalized spacial score (nSPS) is 14.0. The van der Waals surface area contributed by atoms with Gasteiger partial charge in [-0.05, 0) is 36.2 Å². The van der Waals surface area contributed by atoms with E-state index in [9.17, 15) is 4.79 Å². The molecule has 3 rings (SSSR count). The summed E-state index contributed by atoms with van der Waals surface area (Å²) >= 11 is 0. The summed E-state index contributed by atoms with van der Waals surface area (Å²) in [6.45, 7) is 6.60. The van der Waals surface area contributed by atoms with E-state index in [0.29, 0.717) is 24.6 Å². The molecule has 0 spiro atoms. The Morgan fingerprint density at radius 1 is 1.19 bits per heavy atom. The lowest BCUT2D eigenvalue weighted by Crippen LogP contribution is -2.50. The minimum Gasteiger partial charge on any atom is -0.493 e. The van der Waals surface area contributed by atoms with Crippen LogP contribution in [-0.4, -0.2) is 55.7 Å². The minimum atomic E-state index is -0.0205. The predicted molar refractivity (Wildman–Crippen MR) is 105 cm³/mol. The van der Waals surface area contributed by atoms with Crippen molar-refractivity contribution in [2.24, 2.45) is 0 Å². The number of aromatic nitrogens is 1. The molecule has 1 aliphatic rings. The quantitative estimate of drug-likeness (QED) is 0.704. The van der Waals surface area contributed by atoms with E-state index in [0.717, 1.165) is 30.9 Å². The number of nitrogens with zero attached hydrogens (tertiary/aromatic N) is 3. The molecule has 27 heavy (non-hydrogen) atoms. The molecule has 0 aliphatic carbocycles. The van der Waals surface area contributed by atoms with Crippen LogP contribution in [0, 0.1) is 0 Å². The summed E-state index contributed by atoms with van der Waals surface area (Å²) in [5, 5.41) is 0. The molecule has 0 atom stereocenters. The van der Waals surface area contributed by atoms with Crippen molar-refractivity contribution in [3.8, 4) is 11.5 Å². The number of hydrogen-bond acceptors (Lipinski definition) is 5. The highest BCUT2D eigenvalue weighted by atomic mass is 16.5. The lowest BCUT2D eigenvalue weighted by molar-refractivity contribution is -0.133. The molecule has 2 aromatic rings. The molecule has 1 aliphatic heterocycles. The van der Waals surface area contributed by atoms with Crippen molar-refractivity contribution >= 4 is 11.7 Å². The summed E-state index contributed by atoms with van der Waals surface area (Å²) < 4.78 is 11.1. The molecule has 1 saturated heterocycles. The summed E-state index contributed by atoms with van der Waals surface area (Å²) in [5.41, 5.74) is 1.09. The molecule has 0 unspecified atom stereocenters. The predicted octanol–water partition coefficient (Wildman–Crippen LogP) is 2.55. The van der Waals surface area contributed by atoms with Crippen molar-refractivity contribution in [1.29, 1.82) is 0 Å². The Kier molecular flexibility index (Phi) is 6.30. The molecule has 1 aromatic carbocycles. The Morgan fingerprint density at radius 2 is 2.00 bits per heavy atom. The molecule has 6 heteroatoms. The average Bonchev–Trinajstić information content (AvgIpc) is 2.73. The van der Waals surface area contributed by atoms with Gasteiger partial charge in [-0.1, -0.05) is 18.2 Å². The van der Waals surface area contributed by atoms with Gasteiger partial charge in [-0.25, -0.2) is 4.98 Å². The molecular formula is C21H25N3O3. The number of allylic oxidation sites excluding steroid dienone is 1. The highest BCUT2D eigenvalue weighted by Gasteiger charge is 2.22. The first kappa shape index (κ1) is 18.8. The Morgan fingerprint density at radius 3 is 2.67 bits per heavy atom. The number of carbonyl (C=O) groups excluding carboxylic acids is 1. The standard InChI is InChI=1S/C21H25N3O3/c1-3-6-17-8-9-18(19(15-17)26-2)27-16-21(25)24-13-11-23(12-14-24)20-7-4-5-10-22-20/h3-5,7-10,15H,1,6,11-14,16H2,2H3. The number of methoxy groups -OCH3 is 1. The van der Waals surface area contributed by atoms with Gasteiger partial charge in [0.05, 0.1) is 7.11 Å². The highest BCUT2D eigenvalue weighted by Crippen LogP contribution is 2.28. The van der Waals surface area contributed by atoms with E-state index in [-0.39, 0.29) is 12.5 Å². The highest BCUT2D eigenvalue weighted by molar-refractivity contribution is 5.78. The second-order valence-electron chi connectivity index (χ2n) is 6.32. The summed E-state index contributed by atoms with van der Waals surface area (Å²) in [5.74, 6) is 2.13. The van der Waals surface area contributed by atoms with E-state index in [4.69, 9.17) is 9.47 Å². The number of anilines is 1. The first-order chi connectivity index (χ1) is 13.2. The van der Waals surface area contributed by atoms with Crippen molar-refractivity contribution in [3.63, 3.8) is 0 Å². The number of pyridine rings is 1. The number of ether oxygens (including phenoxy) is 2. The summed E-state index contributed by atoms with van der Waals surface area (Å²) in [6, 6.07) is 11.6. The van der Waals surface area contributed by atoms with Gasteiger partial charge in [0.15, 0.2) is 18.1 Å². The van der Waals surface area contributed by atoms with Crippen molar-refractivity contribution < 1.29 is 14.3 Å². The Labute approximate surface area is 160 Å². The number of benzene rings is 1. The van der Waals surface area contributed by atoms with Gasteiger partial charge in [0, 0.05) is 32.4 Å². The zero-order chi connectivity index (χ0) is 19.1. The first-order valence-electron chi connectivity index (χ1n) is 9.05. The van der Waals surface area contributed by atoms with Gasteiger partial charge in [0.25, 0.3) is 5.91 Å². The molecule has 0 N–H and O–H groups in total. The van der Waals surface area contributed by atoms with E-state index in [1.165, 1.54) is 0 Å². The summed E-state index contributed by atoms with van der Waals surface area (Å²) in [4.78, 5) is 20.9. The third-order valence-corrected chi connectivity index (χ3v) is 4.56. The van der Waals surface area contributed by atoms with Gasteiger partial charge in [-0.3, -0.25) is 4.79 Å². The van der Waals surface area contributed by atoms with Crippen LogP contribution in [0.3, 0.4) is 0 Å². The SMILES string of the molecule is C=CCc1ccc(OCC(=O)N2CCN(c3ccccn3)CC2)c(OC)c1. The van der Waals surface area contributed by atoms with Crippen LogP contribution in [0.4, 0.5) is 5.82 Å². The largest absolute Gasteiger partial charge is 0.493 e. The molecule has 1 amide bonds. The number of rotatable bonds is 7. The number of hydrogen-bond donors (Lipinski definition) is 0. The third-order valence-electron chi connectivity index (χ3n) is 4.56. The average molecular weight is 367 g/mol. The number of carbonyl (C=O) groups is 1. The number of amides is 1. The molecule has 0 saturated carbocycles. The molecule has 142 valence electrons. The van der Waals surface area contributed by atoms with Crippen LogP contribution >= 0.6 is 0 Å². The molecule has 1 aromatic heterocycles. The Balaban J connectivity index is 1.52. The molecule has 2 heterocycles. The maximum atomic E-state index is 12.5. The molecular weight excluding hydrogens is 342 g/mol. The lowest BCUT2D eigenvalue weighted by Gasteiger charge is -2.35. The van der Waals surface area contributed by atoms with Crippen LogP contribution in [0.15, 0.2) is 55.3 Å². The van der Waals surface area contributed by atoms with Gasteiger partial charge < -0.3 is 19.3 Å². The maximum absolute atomic E-state index is 12.5. The molecule has 0 radical (unpaired) electrons.